The number of para-hydroxylation sites is 1. The molecule has 0 spiro atoms. The minimum atomic E-state index is -0.353. The van der Waals surface area contributed by atoms with E-state index in [4.69, 9.17) is 0 Å². The maximum atomic E-state index is 13.7. The number of hydrogen-bond acceptors (Lipinski definition) is 2. The zero-order chi connectivity index (χ0) is 20.4. The van der Waals surface area contributed by atoms with E-state index >= 15 is 0 Å². The first-order valence-corrected chi connectivity index (χ1v) is 9.57. The van der Waals surface area contributed by atoms with Crippen molar-refractivity contribution in [2.24, 2.45) is 0 Å². The maximum absolute atomic E-state index is 13.7. The van der Waals surface area contributed by atoms with Gasteiger partial charge in [0.25, 0.3) is 11.8 Å². The summed E-state index contributed by atoms with van der Waals surface area (Å²) in [6.07, 6.45) is 0.832. The van der Waals surface area contributed by atoms with Crippen molar-refractivity contribution >= 4 is 17.5 Å². The number of halogens is 1. The minimum absolute atomic E-state index is 0.0826. The molecule has 0 fully saturated rings. The molecule has 0 aromatic heterocycles. The van der Waals surface area contributed by atoms with Gasteiger partial charge in [-0.2, -0.15) is 0 Å². The minimum Gasteiger partial charge on any atom is -0.348 e. The number of rotatable bonds is 4. The van der Waals surface area contributed by atoms with Crippen molar-refractivity contribution in [3.8, 4) is 0 Å². The molecule has 4 nitrogen and oxygen atoms in total. The van der Waals surface area contributed by atoms with E-state index in [2.05, 4.69) is 5.32 Å². The third kappa shape index (κ3) is 3.76. The van der Waals surface area contributed by atoms with Gasteiger partial charge in [-0.1, -0.05) is 36.4 Å². The van der Waals surface area contributed by atoms with E-state index in [9.17, 15) is 14.0 Å². The zero-order valence-electron chi connectivity index (χ0n) is 16.1. The van der Waals surface area contributed by atoms with Crippen molar-refractivity contribution in [1.82, 2.24) is 5.32 Å². The second-order valence-corrected chi connectivity index (χ2v) is 7.21. The van der Waals surface area contributed by atoms with Gasteiger partial charge in [0, 0.05) is 35.0 Å². The highest BCUT2D eigenvalue weighted by molar-refractivity contribution is 6.08. The Bertz CT molecular complexity index is 1060. The molecular weight excluding hydrogens is 367 g/mol. The molecule has 1 unspecified atom stereocenters. The summed E-state index contributed by atoms with van der Waals surface area (Å²) in [5, 5.41) is 2.71. The highest BCUT2D eigenvalue weighted by Crippen LogP contribution is 2.33. The standard InChI is InChI=1S/C24H21FN2O2/c1-16-14-19-6-3-5-9-22(19)27(16)24(29)18-12-10-17(11-13-18)23(28)26-15-20-7-2-4-8-21(20)25/h2-13,16H,14-15H2,1H3,(H,26,28). The summed E-state index contributed by atoms with van der Waals surface area (Å²) in [6.45, 7) is 2.14. The number of anilines is 1. The van der Waals surface area contributed by atoms with Crippen LogP contribution in [0.1, 0.15) is 38.8 Å². The van der Waals surface area contributed by atoms with E-state index in [1.807, 2.05) is 36.1 Å². The van der Waals surface area contributed by atoms with Crippen LogP contribution in [0, 0.1) is 5.82 Å². The fourth-order valence-corrected chi connectivity index (χ4v) is 3.70. The molecular formula is C24H21FN2O2. The zero-order valence-corrected chi connectivity index (χ0v) is 16.1. The number of carbonyl (C=O) groups excluding carboxylic acids is 2. The summed E-state index contributed by atoms with van der Waals surface area (Å²) >= 11 is 0. The van der Waals surface area contributed by atoms with Crippen LogP contribution >= 0.6 is 0 Å². The van der Waals surface area contributed by atoms with Gasteiger partial charge in [0.1, 0.15) is 5.82 Å². The number of benzene rings is 3. The van der Waals surface area contributed by atoms with Crippen molar-refractivity contribution in [3.63, 3.8) is 0 Å². The highest BCUT2D eigenvalue weighted by atomic mass is 19.1. The molecule has 3 aromatic rings. The molecule has 2 amide bonds. The molecule has 29 heavy (non-hydrogen) atoms. The van der Waals surface area contributed by atoms with Gasteiger partial charge in [0.15, 0.2) is 0 Å². The second-order valence-electron chi connectivity index (χ2n) is 7.21. The molecule has 0 radical (unpaired) electrons. The lowest BCUT2D eigenvalue weighted by atomic mass is 10.1. The van der Waals surface area contributed by atoms with Crippen LogP contribution in [0.2, 0.25) is 0 Å². The van der Waals surface area contributed by atoms with Crippen LogP contribution in [0.3, 0.4) is 0 Å². The van der Waals surface area contributed by atoms with E-state index < -0.39 is 0 Å². The number of amides is 2. The van der Waals surface area contributed by atoms with Gasteiger partial charge < -0.3 is 10.2 Å². The summed E-state index contributed by atoms with van der Waals surface area (Å²) in [4.78, 5) is 27.2. The van der Waals surface area contributed by atoms with E-state index in [0.717, 1.165) is 17.7 Å². The Morgan fingerprint density at radius 2 is 1.62 bits per heavy atom. The number of hydrogen-bond donors (Lipinski definition) is 1. The molecule has 3 aromatic carbocycles. The number of carbonyl (C=O) groups is 2. The molecule has 1 heterocycles. The van der Waals surface area contributed by atoms with Crippen LogP contribution in [0.25, 0.3) is 0 Å². The van der Waals surface area contributed by atoms with Crippen LogP contribution in [0.15, 0.2) is 72.8 Å². The summed E-state index contributed by atoms with van der Waals surface area (Å²) in [7, 11) is 0. The molecule has 1 aliphatic rings. The third-order valence-electron chi connectivity index (χ3n) is 5.22. The first-order valence-electron chi connectivity index (χ1n) is 9.57. The molecule has 4 rings (SSSR count). The van der Waals surface area contributed by atoms with Gasteiger partial charge >= 0.3 is 0 Å². The predicted octanol–water partition coefficient (Wildman–Crippen LogP) is 4.35. The van der Waals surface area contributed by atoms with Gasteiger partial charge in [0.2, 0.25) is 0 Å². The molecule has 1 N–H and O–H groups in total. The Morgan fingerprint density at radius 1 is 0.966 bits per heavy atom. The van der Waals surface area contributed by atoms with Gasteiger partial charge in [-0.25, -0.2) is 4.39 Å². The SMILES string of the molecule is CC1Cc2ccccc2N1C(=O)c1ccc(C(=O)NCc2ccccc2F)cc1. The number of nitrogens with zero attached hydrogens (tertiary/aromatic N) is 1. The van der Waals surface area contributed by atoms with Gasteiger partial charge in [0.05, 0.1) is 0 Å². The van der Waals surface area contributed by atoms with Crippen LogP contribution in [0.5, 0.6) is 0 Å². The van der Waals surface area contributed by atoms with Gasteiger partial charge in [-0.05, 0) is 55.3 Å². The largest absolute Gasteiger partial charge is 0.348 e. The van der Waals surface area contributed by atoms with Crippen molar-refractivity contribution in [2.75, 3.05) is 4.90 Å². The fraction of sp³-hybridized carbons (Fsp3) is 0.167. The first kappa shape index (κ1) is 18.9. The van der Waals surface area contributed by atoms with Gasteiger partial charge in [-0.15, -0.1) is 0 Å². The van der Waals surface area contributed by atoms with Crippen LogP contribution in [-0.4, -0.2) is 17.9 Å². The molecule has 1 aliphatic heterocycles. The lowest BCUT2D eigenvalue weighted by molar-refractivity contribution is 0.0946. The van der Waals surface area contributed by atoms with Crippen molar-refractivity contribution in [1.29, 1.82) is 0 Å². The molecule has 0 aliphatic carbocycles. The topological polar surface area (TPSA) is 49.4 Å². The van der Waals surface area contributed by atoms with E-state index in [1.54, 1.807) is 42.5 Å². The average Bonchev–Trinajstić information content (AvgIpc) is 3.08. The maximum Gasteiger partial charge on any atom is 0.258 e. The van der Waals surface area contributed by atoms with Gasteiger partial charge in [-0.3, -0.25) is 9.59 Å². The molecule has 5 heteroatoms. The second kappa shape index (κ2) is 7.87. The van der Waals surface area contributed by atoms with Crippen molar-refractivity contribution in [3.05, 3.63) is 101 Å². The van der Waals surface area contributed by atoms with E-state index in [1.165, 1.54) is 6.07 Å². The molecule has 146 valence electrons. The monoisotopic (exact) mass is 388 g/mol. The Hall–Kier alpha value is -3.47. The third-order valence-corrected chi connectivity index (χ3v) is 5.22. The number of fused-ring (bicyclic) bond motifs is 1. The molecule has 0 saturated carbocycles. The van der Waals surface area contributed by atoms with Crippen molar-refractivity contribution < 1.29 is 14.0 Å². The fourth-order valence-electron chi connectivity index (χ4n) is 3.70. The lowest BCUT2D eigenvalue weighted by Crippen LogP contribution is -2.35. The molecule has 0 bridgehead atoms. The summed E-state index contributed by atoms with van der Waals surface area (Å²) in [6, 6.07) is 20.9. The van der Waals surface area contributed by atoms with Crippen LogP contribution in [-0.2, 0) is 13.0 Å². The Kier molecular flexibility index (Phi) is 5.12. The van der Waals surface area contributed by atoms with E-state index in [0.29, 0.717) is 16.7 Å². The van der Waals surface area contributed by atoms with Crippen molar-refractivity contribution in [2.45, 2.75) is 25.9 Å². The predicted molar refractivity (Wildman–Crippen MR) is 110 cm³/mol. The lowest BCUT2D eigenvalue weighted by Gasteiger charge is -2.23. The Labute approximate surface area is 169 Å². The first-order chi connectivity index (χ1) is 14.0. The highest BCUT2D eigenvalue weighted by Gasteiger charge is 2.31. The summed E-state index contributed by atoms with van der Waals surface area (Å²) in [5.74, 6) is -0.748. The molecule has 0 saturated heterocycles. The summed E-state index contributed by atoms with van der Waals surface area (Å²) < 4.78 is 13.7. The Balaban J connectivity index is 1.46. The summed E-state index contributed by atoms with van der Waals surface area (Å²) in [5.41, 5.74) is 3.48. The normalized spacial score (nSPS) is 15.1. The van der Waals surface area contributed by atoms with Crippen LogP contribution < -0.4 is 10.2 Å². The van der Waals surface area contributed by atoms with E-state index in [-0.39, 0.29) is 30.2 Å². The molecule has 1 atom stereocenters. The number of nitrogens with one attached hydrogen (secondary N) is 1. The quantitative estimate of drug-likeness (QED) is 0.723. The Morgan fingerprint density at radius 3 is 2.38 bits per heavy atom. The van der Waals surface area contributed by atoms with Crippen LogP contribution in [0.4, 0.5) is 10.1 Å². The average molecular weight is 388 g/mol. The smallest absolute Gasteiger partial charge is 0.258 e.